The predicted molar refractivity (Wildman–Crippen MR) is 55.9 cm³/mol. The number of hydrogen-bond acceptors (Lipinski definition) is 3. The van der Waals surface area contributed by atoms with Crippen LogP contribution in [0.3, 0.4) is 0 Å². The van der Waals surface area contributed by atoms with Crippen LogP contribution in [-0.2, 0) is 9.53 Å². The number of ether oxygens (including phenoxy) is 1. The van der Waals surface area contributed by atoms with E-state index in [2.05, 4.69) is 0 Å². The molecule has 2 unspecified atom stereocenters. The average molecular weight is 202 g/mol. The Hall–Kier alpha value is -0.570. The quantitative estimate of drug-likeness (QED) is 0.693. The van der Waals surface area contributed by atoms with Gasteiger partial charge in [-0.2, -0.15) is 0 Å². The van der Waals surface area contributed by atoms with Crippen molar-refractivity contribution in [2.24, 2.45) is 11.8 Å². The Balaban J connectivity index is 4.68. The third-order valence-electron chi connectivity index (χ3n) is 2.59. The fourth-order valence-electron chi connectivity index (χ4n) is 1.70. The van der Waals surface area contributed by atoms with Gasteiger partial charge in [-0.25, -0.2) is 0 Å². The first-order valence-electron chi connectivity index (χ1n) is 5.25. The van der Waals surface area contributed by atoms with Gasteiger partial charge in [0.25, 0.3) is 0 Å². The highest BCUT2D eigenvalue weighted by Gasteiger charge is 2.39. The summed E-state index contributed by atoms with van der Waals surface area (Å²) in [5.74, 6) is -0.647. The lowest BCUT2D eigenvalue weighted by molar-refractivity contribution is -0.160. The van der Waals surface area contributed by atoms with Crippen molar-refractivity contribution in [2.75, 3.05) is 6.61 Å². The fourth-order valence-corrected chi connectivity index (χ4v) is 1.70. The van der Waals surface area contributed by atoms with Crippen molar-refractivity contribution in [3.05, 3.63) is 0 Å². The van der Waals surface area contributed by atoms with Crippen molar-refractivity contribution in [2.45, 2.75) is 46.6 Å². The van der Waals surface area contributed by atoms with E-state index in [1.165, 1.54) is 0 Å². The molecule has 0 aromatic heterocycles. The molecule has 0 bridgehead atoms. The van der Waals surface area contributed by atoms with Crippen LogP contribution in [0, 0.1) is 11.8 Å². The molecule has 0 aliphatic carbocycles. The molecule has 0 radical (unpaired) electrons. The molecule has 0 saturated carbocycles. The zero-order valence-corrected chi connectivity index (χ0v) is 9.83. The van der Waals surface area contributed by atoms with Crippen molar-refractivity contribution in [1.29, 1.82) is 0 Å². The Morgan fingerprint density at radius 3 is 2.21 bits per heavy atom. The molecule has 0 aliphatic heterocycles. The monoisotopic (exact) mass is 202 g/mol. The van der Waals surface area contributed by atoms with Crippen molar-refractivity contribution in [1.82, 2.24) is 0 Å². The first kappa shape index (κ1) is 13.4. The van der Waals surface area contributed by atoms with E-state index >= 15 is 0 Å². The van der Waals surface area contributed by atoms with Crippen LogP contribution in [-0.4, -0.2) is 23.3 Å². The molecule has 0 aromatic carbocycles. The molecule has 0 spiro atoms. The second-order valence-electron chi connectivity index (χ2n) is 4.18. The Morgan fingerprint density at radius 1 is 1.43 bits per heavy atom. The van der Waals surface area contributed by atoms with Gasteiger partial charge in [0.1, 0.15) is 0 Å². The van der Waals surface area contributed by atoms with Gasteiger partial charge in [0, 0.05) is 0 Å². The lowest BCUT2D eigenvalue weighted by Crippen LogP contribution is -2.43. The number of carbonyl (C=O) groups is 1. The van der Waals surface area contributed by atoms with Crippen LogP contribution in [0.15, 0.2) is 0 Å². The summed E-state index contributed by atoms with van der Waals surface area (Å²) in [5.41, 5.74) is -0.972. The third-order valence-corrected chi connectivity index (χ3v) is 2.59. The molecular weight excluding hydrogens is 180 g/mol. The van der Waals surface area contributed by atoms with Gasteiger partial charge in [-0.3, -0.25) is 4.79 Å². The molecule has 0 saturated heterocycles. The molecule has 0 fully saturated rings. The van der Waals surface area contributed by atoms with Crippen molar-refractivity contribution >= 4 is 5.97 Å². The maximum atomic E-state index is 11.6. The van der Waals surface area contributed by atoms with E-state index in [1.807, 2.05) is 20.8 Å². The summed E-state index contributed by atoms with van der Waals surface area (Å²) in [7, 11) is 0. The van der Waals surface area contributed by atoms with Gasteiger partial charge in [0.2, 0.25) is 0 Å². The largest absolute Gasteiger partial charge is 0.466 e. The number of esters is 1. The van der Waals surface area contributed by atoms with Crippen molar-refractivity contribution in [3.63, 3.8) is 0 Å². The van der Waals surface area contributed by atoms with Crippen LogP contribution in [0.2, 0.25) is 0 Å². The summed E-state index contributed by atoms with van der Waals surface area (Å²) < 4.78 is 4.95. The molecular formula is C11H22O3. The van der Waals surface area contributed by atoms with Crippen molar-refractivity contribution in [3.8, 4) is 0 Å². The molecule has 0 aliphatic rings. The molecule has 14 heavy (non-hydrogen) atoms. The third kappa shape index (κ3) is 3.29. The second-order valence-corrected chi connectivity index (χ2v) is 4.18. The minimum Gasteiger partial charge on any atom is -0.466 e. The Labute approximate surface area is 86.5 Å². The SMILES string of the molecule is CCOC(=O)C(C(C)C)C(C)(O)CC. The molecule has 0 amide bonds. The average Bonchev–Trinajstić information content (AvgIpc) is 2.03. The lowest BCUT2D eigenvalue weighted by Gasteiger charge is -2.32. The molecule has 3 nitrogen and oxygen atoms in total. The minimum absolute atomic E-state index is 0.0870. The number of rotatable bonds is 5. The summed E-state index contributed by atoms with van der Waals surface area (Å²) in [5, 5.41) is 10.0. The molecule has 1 N–H and O–H groups in total. The van der Waals surface area contributed by atoms with Gasteiger partial charge in [-0.05, 0) is 26.2 Å². The van der Waals surface area contributed by atoms with Crippen molar-refractivity contribution < 1.29 is 14.6 Å². The van der Waals surface area contributed by atoms with Gasteiger partial charge in [-0.1, -0.05) is 20.8 Å². The zero-order valence-electron chi connectivity index (χ0n) is 9.83. The summed E-state index contributed by atoms with van der Waals surface area (Å²) in [4.78, 5) is 11.6. The molecule has 84 valence electrons. The first-order chi connectivity index (χ1) is 6.36. The first-order valence-corrected chi connectivity index (χ1v) is 5.25. The number of aliphatic hydroxyl groups is 1. The second kappa shape index (κ2) is 5.35. The van der Waals surface area contributed by atoms with E-state index in [4.69, 9.17) is 4.74 Å². The van der Waals surface area contributed by atoms with Crippen LogP contribution in [0.5, 0.6) is 0 Å². The van der Waals surface area contributed by atoms with Gasteiger partial charge >= 0.3 is 5.97 Å². The highest BCUT2D eigenvalue weighted by atomic mass is 16.5. The number of carbonyl (C=O) groups excluding carboxylic acids is 1. The van der Waals surface area contributed by atoms with Crippen LogP contribution in [0.4, 0.5) is 0 Å². The normalized spacial score (nSPS) is 17.6. The molecule has 0 aromatic rings. The predicted octanol–water partition coefficient (Wildman–Crippen LogP) is 1.98. The van der Waals surface area contributed by atoms with Gasteiger partial charge in [0.15, 0.2) is 0 Å². The van der Waals surface area contributed by atoms with Gasteiger partial charge < -0.3 is 9.84 Å². The van der Waals surface area contributed by atoms with Crippen LogP contribution >= 0.6 is 0 Å². The van der Waals surface area contributed by atoms with Crippen LogP contribution < -0.4 is 0 Å². The Morgan fingerprint density at radius 2 is 1.93 bits per heavy atom. The topological polar surface area (TPSA) is 46.5 Å². The maximum absolute atomic E-state index is 11.6. The van der Waals surface area contributed by atoms with Gasteiger partial charge in [0.05, 0.1) is 18.1 Å². The van der Waals surface area contributed by atoms with E-state index in [0.717, 1.165) is 0 Å². The van der Waals surface area contributed by atoms with E-state index in [0.29, 0.717) is 13.0 Å². The highest BCUT2D eigenvalue weighted by molar-refractivity contribution is 5.74. The van der Waals surface area contributed by atoms with E-state index < -0.39 is 11.5 Å². The summed E-state index contributed by atoms with van der Waals surface area (Å²) in [6.07, 6.45) is 0.550. The Kier molecular flexibility index (Phi) is 5.13. The van der Waals surface area contributed by atoms with E-state index in [-0.39, 0.29) is 11.9 Å². The lowest BCUT2D eigenvalue weighted by atomic mass is 9.79. The smallest absolute Gasteiger partial charge is 0.312 e. The van der Waals surface area contributed by atoms with Crippen LogP contribution in [0.1, 0.15) is 41.0 Å². The van der Waals surface area contributed by atoms with E-state index in [9.17, 15) is 9.90 Å². The Bertz CT molecular complexity index is 185. The minimum atomic E-state index is -0.972. The molecule has 0 heterocycles. The van der Waals surface area contributed by atoms with E-state index in [1.54, 1.807) is 13.8 Å². The zero-order chi connectivity index (χ0) is 11.4. The maximum Gasteiger partial charge on any atom is 0.312 e. The molecule has 2 atom stereocenters. The summed E-state index contributed by atoms with van der Waals surface area (Å²) in [6.45, 7) is 9.54. The van der Waals surface area contributed by atoms with Gasteiger partial charge in [-0.15, -0.1) is 0 Å². The molecule has 3 heteroatoms. The summed E-state index contributed by atoms with van der Waals surface area (Å²) in [6, 6.07) is 0. The summed E-state index contributed by atoms with van der Waals surface area (Å²) >= 11 is 0. The number of hydrogen-bond donors (Lipinski definition) is 1. The van der Waals surface area contributed by atoms with Crippen LogP contribution in [0.25, 0.3) is 0 Å². The standard InChI is InChI=1S/C11H22O3/c1-6-11(5,13)9(8(3)4)10(12)14-7-2/h8-9,13H,6-7H2,1-5H3. The highest BCUT2D eigenvalue weighted by Crippen LogP contribution is 2.28. The molecule has 0 rings (SSSR count). The fraction of sp³-hybridized carbons (Fsp3) is 0.909.